The zero-order valence-electron chi connectivity index (χ0n) is 9.14. The number of carbonyl (C=O) groups excluding carboxylic acids is 1. The van der Waals surface area contributed by atoms with Crippen LogP contribution in [0.1, 0.15) is 5.69 Å². The van der Waals surface area contributed by atoms with Gasteiger partial charge < -0.3 is 15.7 Å². The van der Waals surface area contributed by atoms with Gasteiger partial charge in [-0.3, -0.25) is 14.6 Å². The number of nitrogens with zero attached hydrogens (tertiary/aromatic N) is 1. The second-order valence-electron chi connectivity index (χ2n) is 3.95. The van der Waals surface area contributed by atoms with Gasteiger partial charge in [-0.15, -0.1) is 0 Å². The standard InChI is InChI=1S/C11H13N3O3/c15-10(16)3-8-1-2-9(6-13-8)14-11(17)7-4-12-5-7/h1-2,6-7,12H,3-5H2,(H,14,17)(H,15,16). The minimum atomic E-state index is -0.921. The Labute approximate surface area is 98.1 Å². The molecule has 2 rings (SSSR count). The molecule has 3 N–H and O–H groups in total. The minimum absolute atomic E-state index is 0.0219. The summed E-state index contributed by atoms with van der Waals surface area (Å²) in [6.45, 7) is 1.41. The first-order valence-corrected chi connectivity index (χ1v) is 5.33. The fraction of sp³-hybridized carbons (Fsp3) is 0.364. The van der Waals surface area contributed by atoms with E-state index in [1.54, 1.807) is 12.1 Å². The Kier molecular flexibility index (Phi) is 3.34. The van der Waals surface area contributed by atoms with Crippen molar-refractivity contribution in [1.82, 2.24) is 10.3 Å². The van der Waals surface area contributed by atoms with Crippen molar-refractivity contribution >= 4 is 17.6 Å². The van der Waals surface area contributed by atoms with Crippen LogP contribution in [0.15, 0.2) is 18.3 Å². The van der Waals surface area contributed by atoms with Crippen molar-refractivity contribution in [1.29, 1.82) is 0 Å². The lowest BCUT2D eigenvalue weighted by molar-refractivity contribution is -0.136. The quantitative estimate of drug-likeness (QED) is 0.676. The number of rotatable bonds is 4. The molecule has 17 heavy (non-hydrogen) atoms. The van der Waals surface area contributed by atoms with Crippen LogP contribution in [0.5, 0.6) is 0 Å². The number of amides is 1. The summed E-state index contributed by atoms with van der Waals surface area (Å²) >= 11 is 0. The first kappa shape index (κ1) is 11.5. The van der Waals surface area contributed by atoms with Crippen LogP contribution >= 0.6 is 0 Å². The van der Waals surface area contributed by atoms with E-state index in [1.807, 2.05) is 0 Å². The Hall–Kier alpha value is -1.95. The molecule has 0 bridgehead atoms. The molecular formula is C11H13N3O3. The van der Waals surface area contributed by atoms with Gasteiger partial charge in [0.05, 0.1) is 29.9 Å². The van der Waals surface area contributed by atoms with Crippen LogP contribution in [-0.4, -0.2) is 35.1 Å². The van der Waals surface area contributed by atoms with Crippen molar-refractivity contribution in [2.75, 3.05) is 18.4 Å². The molecule has 90 valence electrons. The molecule has 0 radical (unpaired) electrons. The average molecular weight is 235 g/mol. The van der Waals surface area contributed by atoms with Crippen molar-refractivity contribution < 1.29 is 14.7 Å². The predicted molar refractivity (Wildman–Crippen MR) is 60.6 cm³/mol. The van der Waals surface area contributed by atoms with Gasteiger partial charge in [0.25, 0.3) is 0 Å². The van der Waals surface area contributed by atoms with Crippen molar-refractivity contribution in [2.45, 2.75) is 6.42 Å². The maximum atomic E-state index is 11.6. The van der Waals surface area contributed by atoms with E-state index in [1.165, 1.54) is 6.20 Å². The van der Waals surface area contributed by atoms with E-state index in [9.17, 15) is 9.59 Å². The average Bonchev–Trinajstić information content (AvgIpc) is 2.17. The van der Waals surface area contributed by atoms with Gasteiger partial charge in [0.2, 0.25) is 5.91 Å². The fourth-order valence-corrected chi connectivity index (χ4v) is 1.48. The van der Waals surface area contributed by atoms with Crippen LogP contribution < -0.4 is 10.6 Å². The Morgan fingerprint density at radius 3 is 2.71 bits per heavy atom. The van der Waals surface area contributed by atoms with Gasteiger partial charge >= 0.3 is 5.97 Å². The molecule has 1 amide bonds. The first-order chi connectivity index (χ1) is 8.15. The highest BCUT2D eigenvalue weighted by Crippen LogP contribution is 2.10. The zero-order valence-corrected chi connectivity index (χ0v) is 9.14. The van der Waals surface area contributed by atoms with Gasteiger partial charge in [-0.2, -0.15) is 0 Å². The van der Waals surface area contributed by atoms with Crippen molar-refractivity contribution in [3.63, 3.8) is 0 Å². The van der Waals surface area contributed by atoms with Crippen LogP contribution in [0, 0.1) is 5.92 Å². The molecule has 0 atom stereocenters. The number of pyridine rings is 1. The Morgan fingerprint density at radius 1 is 1.47 bits per heavy atom. The summed E-state index contributed by atoms with van der Waals surface area (Å²) in [6.07, 6.45) is 1.36. The second-order valence-corrected chi connectivity index (χ2v) is 3.95. The molecule has 1 aliphatic heterocycles. The van der Waals surface area contributed by atoms with Gasteiger partial charge in [0.1, 0.15) is 0 Å². The third-order valence-electron chi connectivity index (χ3n) is 2.58. The van der Waals surface area contributed by atoms with E-state index in [4.69, 9.17) is 5.11 Å². The van der Waals surface area contributed by atoms with E-state index < -0.39 is 5.97 Å². The Morgan fingerprint density at radius 2 is 2.24 bits per heavy atom. The topological polar surface area (TPSA) is 91.3 Å². The number of carbonyl (C=O) groups is 2. The number of carboxylic acid groups (broad SMARTS) is 1. The number of nitrogens with one attached hydrogen (secondary N) is 2. The van der Waals surface area contributed by atoms with Crippen LogP contribution in [-0.2, 0) is 16.0 Å². The summed E-state index contributed by atoms with van der Waals surface area (Å²) in [5.41, 5.74) is 1.07. The van der Waals surface area contributed by atoms with E-state index >= 15 is 0 Å². The number of aliphatic carboxylic acids is 1. The fourth-order valence-electron chi connectivity index (χ4n) is 1.48. The maximum Gasteiger partial charge on any atom is 0.309 e. The van der Waals surface area contributed by atoms with Crippen molar-refractivity contribution in [2.24, 2.45) is 5.92 Å². The molecule has 1 aromatic heterocycles. The molecular weight excluding hydrogens is 222 g/mol. The molecule has 2 heterocycles. The molecule has 1 aromatic rings. The van der Waals surface area contributed by atoms with Crippen molar-refractivity contribution in [3.8, 4) is 0 Å². The monoisotopic (exact) mass is 235 g/mol. The minimum Gasteiger partial charge on any atom is -0.481 e. The van der Waals surface area contributed by atoms with Crippen LogP contribution in [0.2, 0.25) is 0 Å². The summed E-state index contributed by atoms with van der Waals surface area (Å²) in [5.74, 6) is -0.931. The highest BCUT2D eigenvalue weighted by atomic mass is 16.4. The molecule has 0 aromatic carbocycles. The molecule has 6 heteroatoms. The van der Waals surface area contributed by atoms with Gasteiger partial charge in [0, 0.05) is 13.1 Å². The summed E-state index contributed by atoms with van der Waals surface area (Å²) in [6, 6.07) is 3.26. The van der Waals surface area contributed by atoms with Crippen LogP contribution in [0.4, 0.5) is 5.69 Å². The maximum absolute atomic E-state index is 11.6. The van der Waals surface area contributed by atoms with E-state index in [0.29, 0.717) is 24.5 Å². The third-order valence-corrected chi connectivity index (χ3v) is 2.58. The van der Waals surface area contributed by atoms with Gasteiger partial charge in [-0.05, 0) is 12.1 Å². The third kappa shape index (κ3) is 3.01. The molecule has 0 spiro atoms. The lowest BCUT2D eigenvalue weighted by Gasteiger charge is -2.25. The molecule has 1 saturated heterocycles. The zero-order chi connectivity index (χ0) is 12.3. The molecule has 0 aliphatic carbocycles. The number of hydrogen-bond donors (Lipinski definition) is 3. The van der Waals surface area contributed by atoms with Crippen LogP contribution in [0.3, 0.4) is 0 Å². The van der Waals surface area contributed by atoms with E-state index in [2.05, 4.69) is 15.6 Å². The predicted octanol–water partition coefficient (Wildman–Crippen LogP) is -0.133. The molecule has 1 aliphatic rings. The van der Waals surface area contributed by atoms with Crippen LogP contribution in [0.25, 0.3) is 0 Å². The summed E-state index contributed by atoms with van der Waals surface area (Å²) in [5, 5.41) is 14.3. The largest absolute Gasteiger partial charge is 0.481 e. The summed E-state index contributed by atoms with van der Waals surface area (Å²) < 4.78 is 0. The first-order valence-electron chi connectivity index (χ1n) is 5.33. The Balaban J connectivity index is 1.93. The lowest BCUT2D eigenvalue weighted by Crippen LogP contribution is -2.48. The number of hydrogen-bond acceptors (Lipinski definition) is 4. The number of anilines is 1. The molecule has 1 fully saturated rings. The smallest absolute Gasteiger partial charge is 0.309 e. The Bertz CT molecular complexity index is 426. The number of carboxylic acids is 1. The molecule has 0 unspecified atom stereocenters. The second kappa shape index (κ2) is 4.92. The van der Waals surface area contributed by atoms with Gasteiger partial charge in [0.15, 0.2) is 0 Å². The van der Waals surface area contributed by atoms with Gasteiger partial charge in [-0.1, -0.05) is 0 Å². The molecule has 6 nitrogen and oxygen atoms in total. The molecule has 0 saturated carbocycles. The van der Waals surface area contributed by atoms with E-state index in [-0.39, 0.29) is 18.2 Å². The normalized spacial score (nSPS) is 15.1. The van der Waals surface area contributed by atoms with E-state index in [0.717, 1.165) is 0 Å². The number of aromatic nitrogens is 1. The SMILES string of the molecule is O=C(O)Cc1ccc(NC(=O)C2CNC2)cn1. The van der Waals surface area contributed by atoms with Crippen molar-refractivity contribution in [3.05, 3.63) is 24.0 Å². The lowest BCUT2D eigenvalue weighted by atomic mass is 10.0. The van der Waals surface area contributed by atoms with Gasteiger partial charge in [-0.25, -0.2) is 0 Å². The highest BCUT2D eigenvalue weighted by Gasteiger charge is 2.24. The highest BCUT2D eigenvalue weighted by molar-refractivity contribution is 5.93. The summed E-state index contributed by atoms with van der Waals surface area (Å²) in [4.78, 5) is 26.0. The summed E-state index contributed by atoms with van der Waals surface area (Å²) in [7, 11) is 0.